The maximum Gasteiger partial charge on any atom is 0.260 e. The summed E-state index contributed by atoms with van der Waals surface area (Å²) in [7, 11) is 0. The van der Waals surface area contributed by atoms with Gasteiger partial charge in [0.2, 0.25) is 0 Å². The van der Waals surface area contributed by atoms with Gasteiger partial charge < -0.3 is 4.74 Å². The molecule has 1 aliphatic heterocycles. The Morgan fingerprint density at radius 2 is 1.87 bits per heavy atom. The normalized spacial score (nSPS) is 14.9. The molecule has 0 saturated carbocycles. The van der Waals surface area contributed by atoms with Crippen molar-refractivity contribution >= 4 is 44.4 Å². The average Bonchev–Trinajstić information content (AvgIpc) is 3.17. The molecule has 7 heteroatoms. The van der Waals surface area contributed by atoms with Gasteiger partial charge in [-0.25, -0.2) is 4.98 Å². The Morgan fingerprint density at radius 1 is 1.17 bits per heavy atom. The van der Waals surface area contributed by atoms with Crippen molar-refractivity contribution in [1.82, 2.24) is 9.88 Å². The molecule has 1 aromatic heterocycles. The largest absolute Gasteiger partial charge is 0.379 e. The Balaban J connectivity index is 1.64. The number of thioether (sulfide) groups is 1. The second-order valence-corrected chi connectivity index (χ2v) is 9.43. The van der Waals surface area contributed by atoms with Gasteiger partial charge in [-0.3, -0.25) is 14.6 Å². The molecule has 0 radical (unpaired) electrons. The van der Waals surface area contributed by atoms with Crippen LogP contribution in [0, 0.1) is 13.8 Å². The lowest BCUT2D eigenvalue weighted by atomic mass is 10.1. The van der Waals surface area contributed by atoms with Gasteiger partial charge in [-0.1, -0.05) is 11.3 Å². The Morgan fingerprint density at radius 3 is 2.57 bits per heavy atom. The van der Waals surface area contributed by atoms with E-state index >= 15 is 0 Å². The highest BCUT2D eigenvalue weighted by atomic mass is 32.2. The second kappa shape index (κ2) is 9.47. The third kappa shape index (κ3) is 4.70. The van der Waals surface area contributed by atoms with E-state index < -0.39 is 0 Å². The molecule has 0 N–H and O–H groups in total. The van der Waals surface area contributed by atoms with Crippen molar-refractivity contribution in [1.29, 1.82) is 0 Å². The minimum Gasteiger partial charge on any atom is -0.379 e. The van der Waals surface area contributed by atoms with Crippen LogP contribution in [0.3, 0.4) is 0 Å². The van der Waals surface area contributed by atoms with Crippen molar-refractivity contribution in [2.45, 2.75) is 18.7 Å². The van der Waals surface area contributed by atoms with Crippen molar-refractivity contribution < 1.29 is 9.53 Å². The molecule has 158 valence electrons. The number of fused-ring (bicyclic) bond motifs is 1. The number of rotatable bonds is 6. The second-order valence-electron chi connectivity index (χ2n) is 7.54. The zero-order chi connectivity index (χ0) is 21.1. The zero-order valence-corrected chi connectivity index (χ0v) is 19.3. The summed E-state index contributed by atoms with van der Waals surface area (Å²) in [6, 6.07) is 12.1. The van der Waals surface area contributed by atoms with Crippen molar-refractivity contribution in [2.24, 2.45) is 0 Å². The highest BCUT2D eigenvalue weighted by Crippen LogP contribution is 2.31. The number of morpholine rings is 1. The highest BCUT2D eigenvalue weighted by molar-refractivity contribution is 7.98. The van der Waals surface area contributed by atoms with Gasteiger partial charge in [0.15, 0.2) is 5.13 Å². The number of hydrogen-bond acceptors (Lipinski definition) is 6. The van der Waals surface area contributed by atoms with Crippen molar-refractivity contribution in [3.05, 3.63) is 53.1 Å². The summed E-state index contributed by atoms with van der Waals surface area (Å²) in [4.78, 5) is 23.7. The monoisotopic (exact) mass is 441 g/mol. The van der Waals surface area contributed by atoms with Gasteiger partial charge in [0.05, 0.1) is 23.4 Å². The Bertz CT molecular complexity index is 988. The van der Waals surface area contributed by atoms with E-state index in [1.807, 2.05) is 35.4 Å². The standard InChI is InChI=1S/C23H27N3O2S2/c1-16-14-20-21(15-17(16)2)30-23(24-20)26(9-8-25-10-12-28-13-11-25)22(27)18-4-6-19(29-3)7-5-18/h4-7,14-15H,8-13H2,1-3H3. The minimum absolute atomic E-state index is 0.00316. The molecule has 1 amide bonds. The maximum absolute atomic E-state index is 13.5. The lowest BCUT2D eigenvalue weighted by Crippen LogP contribution is -2.43. The number of ether oxygens (including phenoxy) is 1. The number of benzene rings is 2. The first-order valence-corrected chi connectivity index (χ1v) is 12.2. The molecule has 1 saturated heterocycles. The van der Waals surface area contributed by atoms with Crippen LogP contribution in [0.15, 0.2) is 41.3 Å². The number of nitrogens with zero attached hydrogens (tertiary/aromatic N) is 3. The van der Waals surface area contributed by atoms with Gasteiger partial charge in [-0.05, 0) is 67.6 Å². The van der Waals surface area contributed by atoms with E-state index in [0.29, 0.717) is 12.1 Å². The molecule has 4 rings (SSSR count). The summed E-state index contributed by atoms with van der Waals surface area (Å²) in [5.41, 5.74) is 4.12. The number of hydrogen-bond donors (Lipinski definition) is 0. The molecule has 30 heavy (non-hydrogen) atoms. The third-order valence-electron chi connectivity index (χ3n) is 5.55. The summed E-state index contributed by atoms with van der Waals surface area (Å²) in [5.74, 6) is 0.00316. The molecule has 0 atom stereocenters. The van der Waals surface area contributed by atoms with Gasteiger partial charge >= 0.3 is 0 Å². The van der Waals surface area contributed by atoms with E-state index in [2.05, 4.69) is 30.9 Å². The number of aromatic nitrogens is 1. The first-order chi connectivity index (χ1) is 14.5. The van der Waals surface area contributed by atoms with Crippen LogP contribution in [-0.4, -0.2) is 61.4 Å². The van der Waals surface area contributed by atoms with Crippen molar-refractivity contribution in [3.8, 4) is 0 Å². The molecule has 2 aromatic carbocycles. The topological polar surface area (TPSA) is 45.7 Å². The van der Waals surface area contributed by atoms with Crippen LogP contribution in [0.4, 0.5) is 5.13 Å². The minimum atomic E-state index is 0.00316. The number of carbonyl (C=O) groups is 1. The lowest BCUT2D eigenvalue weighted by molar-refractivity contribution is 0.0391. The Hall–Kier alpha value is -1.93. The number of aryl methyl sites for hydroxylation is 2. The molecule has 0 bridgehead atoms. The van der Waals surface area contributed by atoms with Crippen molar-refractivity contribution in [3.63, 3.8) is 0 Å². The average molecular weight is 442 g/mol. The van der Waals surface area contributed by atoms with Crippen LogP contribution in [0.5, 0.6) is 0 Å². The van der Waals surface area contributed by atoms with E-state index in [0.717, 1.165) is 53.1 Å². The zero-order valence-electron chi connectivity index (χ0n) is 17.7. The van der Waals surface area contributed by atoms with Crippen LogP contribution in [0.2, 0.25) is 0 Å². The van der Waals surface area contributed by atoms with Gasteiger partial charge in [-0.15, -0.1) is 11.8 Å². The predicted octanol–water partition coefficient (Wildman–Crippen LogP) is 4.61. The van der Waals surface area contributed by atoms with Crippen LogP contribution in [0.25, 0.3) is 10.2 Å². The lowest BCUT2D eigenvalue weighted by Gasteiger charge is -2.29. The smallest absolute Gasteiger partial charge is 0.260 e. The van der Waals surface area contributed by atoms with E-state index in [4.69, 9.17) is 9.72 Å². The highest BCUT2D eigenvalue weighted by Gasteiger charge is 2.23. The van der Waals surface area contributed by atoms with E-state index in [9.17, 15) is 4.79 Å². The number of anilines is 1. The summed E-state index contributed by atoms with van der Waals surface area (Å²) in [6.07, 6.45) is 2.04. The molecule has 1 aliphatic rings. The third-order valence-corrected chi connectivity index (χ3v) is 7.33. The summed E-state index contributed by atoms with van der Waals surface area (Å²) >= 11 is 3.27. The fraction of sp³-hybridized carbons (Fsp3) is 0.391. The quantitative estimate of drug-likeness (QED) is 0.523. The van der Waals surface area contributed by atoms with Gasteiger partial charge in [0.1, 0.15) is 0 Å². The van der Waals surface area contributed by atoms with Crippen LogP contribution >= 0.6 is 23.1 Å². The molecule has 1 fully saturated rings. The van der Waals surface area contributed by atoms with Crippen LogP contribution < -0.4 is 4.90 Å². The molecule has 5 nitrogen and oxygen atoms in total. The Labute approximate surface area is 186 Å². The Kier molecular flexibility index (Phi) is 6.73. The van der Waals surface area contributed by atoms with Crippen LogP contribution in [-0.2, 0) is 4.74 Å². The maximum atomic E-state index is 13.5. The first kappa shape index (κ1) is 21.3. The summed E-state index contributed by atoms with van der Waals surface area (Å²) in [6.45, 7) is 8.96. The number of thiazole rings is 1. The van der Waals surface area contributed by atoms with E-state index in [1.165, 1.54) is 11.1 Å². The number of carbonyl (C=O) groups excluding carboxylic acids is 1. The predicted molar refractivity (Wildman–Crippen MR) is 126 cm³/mol. The van der Waals surface area contributed by atoms with Gasteiger partial charge in [-0.2, -0.15) is 0 Å². The fourth-order valence-electron chi connectivity index (χ4n) is 3.52. The van der Waals surface area contributed by atoms with E-state index in [1.54, 1.807) is 23.1 Å². The number of amides is 1. The molecule has 0 aliphatic carbocycles. The molecule has 0 spiro atoms. The van der Waals surface area contributed by atoms with Crippen molar-refractivity contribution in [2.75, 3.05) is 50.5 Å². The summed E-state index contributed by atoms with van der Waals surface area (Å²) in [5, 5.41) is 0.766. The van der Waals surface area contributed by atoms with Crippen LogP contribution in [0.1, 0.15) is 21.5 Å². The molecular formula is C23H27N3O2S2. The molecule has 0 unspecified atom stereocenters. The summed E-state index contributed by atoms with van der Waals surface area (Å²) < 4.78 is 6.58. The molecule has 3 aromatic rings. The molecular weight excluding hydrogens is 414 g/mol. The SMILES string of the molecule is CSc1ccc(C(=O)N(CCN2CCOCC2)c2nc3cc(C)c(C)cc3s2)cc1. The van der Waals surface area contributed by atoms with Gasteiger partial charge in [0.25, 0.3) is 5.91 Å². The van der Waals surface area contributed by atoms with E-state index in [-0.39, 0.29) is 5.91 Å². The fourth-order valence-corrected chi connectivity index (χ4v) is 5.00. The first-order valence-electron chi connectivity index (χ1n) is 10.2. The molecule has 2 heterocycles. The van der Waals surface area contributed by atoms with Gasteiger partial charge in [0, 0.05) is 36.6 Å².